The molecule has 0 aliphatic heterocycles. The Morgan fingerprint density at radius 3 is 2.81 bits per heavy atom. The van der Waals surface area contributed by atoms with Crippen LogP contribution in [0.1, 0.15) is 18.5 Å². The Kier molecular flexibility index (Phi) is 2.30. The summed E-state index contributed by atoms with van der Waals surface area (Å²) in [6, 6.07) is 4.56. The van der Waals surface area contributed by atoms with Gasteiger partial charge in [-0.2, -0.15) is 0 Å². The monoisotopic (exact) mass is 220 g/mol. The number of aryl methyl sites for hydroxylation is 1. The molecule has 0 bridgehead atoms. The minimum Gasteiger partial charge on any atom is -0.480 e. The summed E-state index contributed by atoms with van der Waals surface area (Å²) in [5.41, 5.74) is 1.81. The van der Waals surface area contributed by atoms with Gasteiger partial charge in [-0.05, 0) is 25.5 Å². The van der Waals surface area contributed by atoms with E-state index < -0.39 is 12.0 Å². The van der Waals surface area contributed by atoms with Crippen molar-refractivity contribution >= 4 is 17.0 Å². The molecule has 0 fully saturated rings. The Bertz CT molecular complexity index is 609. The number of nitrogens with zero attached hydrogens (tertiary/aromatic N) is 1. The predicted molar refractivity (Wildman–Crippen MR) is 59.6 cm³/mol. The molecule has 2 N–H and O–H groups in total. The number of nitrogens with one attached hydrogen (secondary N) is 1. The van der Waals surface area contributed by atoms with Crippen molar-refractivity contribution < 1.29 is 9.90 Å². The van der Waals surface area contributed by atoms with Gasteiger partial charge in [-0.3, -0.25) is 4.57 Å². The van der Waals surface area contributed by atoms with Gasteiger partial charge >= 0.3 is 11.7 Å². The second kappa shape index (κ2) is 3.52. The lowest BCUT2D eigenvalue weighted by Crippen LogP contribution is -2.26. The maximum absolute atomic E-state index is 11.7. The number of aromatic amines is 1. The number of hydrogen-bond donors (Lipinski definition) is 2. The highest BCUT2D eigenvalue weighted by atomic mass is 16.4. The zero-order valence-electron chi connectivity index (χ0n) is 9.02. The lowest BCUT2D eigenvalue weighted by molar-refractivity contribution is -0.140. The Morgan fingerprint density at radius 1 is 1.50 bits per heavy atom. The fourth-order valence-corrected chi connectivity index (χ4v) is 1.84. The van der Waals surface area contributed by atoms with Gasteiger partial charge in [-0.1, -0.05) is 12.1 Å². The molecule has 1 unspecified atom stereocenters. The molecule has 0 saturated heterocycles. The van der Waals surface area contributed by atoms with E-state index in [4.69, 9.17) is 5.11 Å². The first-order valence-electron chi connectivity index (χ1n) is 4.95. The highest BCUT2D eigenvalue weighted by Gasteiger charge is 2.19. The van der Waals surface area contributed by atoms with Gasteiger partial charge in [0.15, 0.2) is 0 Å². The van der Waals surface area contributed by atoms with Crippen molar-refractivity contribution in [2.75, 3.05) is 0 Å². The van der Waals surface area contributed by atoms with Gasteiger partial charge in [0.05, 0.1) is 11.0 Å². The average Bonchev–Trinajstić information content (AvgIpc) is 2.54. The molecular weight excluding hydrogens is 208 g/mol. The van der Waals surface area contributed by atoms with Gasteiger partial charge in [0, 0.05) is 0 Å². The number of benzene rings is 1. The van der Waals surface area contributed by atoms with Crippen LogP contribution in [0.2, 0.25) is 0 Å². The third kappa shape index (κ3) is 1.41. The quantitative estimate of drug-likeness (QED) is 0.800. The molecule has 5 nitrogen and oxygen atoms in total. The van der Waals surface area contributed by atoms with Gasteiger partial charge in [-0.15, -0.1) is 0 Å². The molecule has 5 heteroatoms. The molecule has 1 heterocycles. The van der Waals surface area contributed by atoms with Gasteiger partial charge in [0.25, 0.3) is 0 Å². The topological polar surface area (TPSA) is 75.1 Å². The van der Waals surface area contributed by atoms with E-state index in [-0.39, 0.29) is 5.69 Å². The minimum absolute atomic E-state index is 0.390. The molecule has 0 amide bonds. The largest absolute Gasteiger partial charge is 0.480 e. The number of rotatable bonds is 2. The van der Waals surface area contributed by atoms with Crippen LogP contribution >= 0.6 is 0 Å². The number of carbonyl (C=O) groups is 1. The molecule has 1 aromatic carbocycles. The first kappa shape index (κ1) is 10.5. The molecule has 2 aromatic rings. The number of aromatic nitrogens is 2. The fraction of sp³-hybridized carbons (Fsp3) is 0.273. The van der Waals surface area contributed by atoms with E-state index in [0.29, 0.717) is 11.0 Å². The van der Waals surface area contributed by atoms with E-state index in [1.54, 1.807) is 6.07 Å². The van der Waals surface area contributed by atoms with Gasteiger partial charge in [0.2, 0.25) is 0 Å². The first-order valence-corrected chi connectivity index (χ1v) is 4.95. The van der Waals surface area contributed by atoms with E-state index in [0.717, 1.165) is 5.56 Å². The van der Waals surface area contributed by atoms with Gasteiger partial charge in [0.1, 0.15) is 6.04 Å². The van der Waals surface area contributed by atoms with Crippen LogP contribution in [-0.2, 0) is 4.79 Å². The summed E-state index contributed by atoms with van der Waals surface area (Å²) >= 11 is 0. The van der Waals surface area contributed by atoms with E-state index >= 15 is 0 Å². The van der Waals surface area contributed by atoms with Crippen LogP contribution in [0, 0.1) is 6.92 Å². The fourth-order valence-electron chi connectivity index (χ4n) is 1.84. The van der Waals surface area contributed by atoms with Crippen molar-refractivity contribution in [3.63, 3.8) is 0 Å². The van der Waals surface area contributed by atoms with E-state index in [1.165, 1.54) is 11.5 Å². The van der Waals surface area contributed by atoms with Crippen LogP contribution in [0.4, 0.5) is 0 Å². The summed E-state index contributed by atoms with van der Waals surface area (Å²) < 4.78 is 1.27. The van der Waals surface area contributed by atoms with Gasteiger partial charge < -0.3 is 10.1 Å². The molecule has 0 saturated carbocycles. The third-order valence-corrected chi connectivity index (χ3v) is 2.68. The Labute approximate surface area is 91.3 Å². The molecular formula is C11H12N2O3. The van der Waals surface area contributed by atoms with Crippen molar-refractivity contribution in [1.82, 2.24) is 9.55 Å². The normalized spacial score (nSPS) is 12.9. The number of carboxylic acids is 1. The summed E-state index contributed by atoms with van der Waals surface area (Å²) in [4.78, 5) is 25.3. The maximum atomic E-state index is 11.7. The summed E-state index contributed by atoms with van der Waals surface area (Å²) in [5.74, 6) is -1.02. The standard InChI is InChI=1S/C11H12N2O3/c1-6-4-3-5-8-9(6)13(11(16)12-8)7(2)10(14)15/h3-5,7H,1-2H3,(H,12,16)(H,14,15). The number of H-pyrrole nitrogens is 1. The van der Waals surface area contributed by atoms with Gasteiger partial charge in [-0.25, -0.2) is 9.59 Å². The van der Waals surface area contributed by atoms with E-state index in [2.05, 4.69) is 4.98 Å². The molecule has 1 aromatic heterocycles. The average molecular weight is 220 g/mol. The van der Waals surface area contributed by atoms with Crippen LogP contribution in [0.5, 0.6) is 0 Å². The van der Waals surface area contributed by atoms with E-state index in [9.17, 15) is 9.59 Å². The molecule has 0 spiro atoms. The number of aliphatic carboxylic acids is 1. The number of carboxylic acid groups (broad SMARTS) is 1. The summed E-state index contributed by atoms with van der Waals surface area (Å²) in [5, 5.41) is 8.95. The Balaban J connectivity index is 2.83. The number of imidazole rings is 1. The van der Waals surface area contributed by atoms with Crippen molar-refractivity contribution in [2.45, 2.75) is 19.9 Å². The lowest BCUT2D eigenvalue weighted by Gasteiger charge is -2.09. The zero-order valence-corrected chi connectivity index (χ0v) is 9.02. The van der Waals surface area contributed by atoms with Crippen molar-refractivity contribution in [2.24, 2.45) is 0 Å². The van der Waals surface area contributed by atoms with Crippen LogP contribution in [0.25, 0.3) is 11.0 Å². The summed E-state index contributed by atoms with van der Waals surface area (Å²) in [6.45, 7) is 3.34. The summed E-state index contributed by atoms with van der Waals surface area (Å²) in [7, 11) is 0. The van der Waals surface area contributed by atoms with Crippen LogP contribution in [0.15, 0.2) is 23.0 Å². The summed E-state index contributed by atoms with van der Waals surface area (Å²) in [6.07, 6.45) is 0. The van der Waals surface area contributed by atoms with Crippen molar-refractivity contribution in [1.29, 1.82) is 0 Å². The lowest BCUT2D eigenvalue weighted by atomic mass is 10.2. The molecule has 16 heavy (non-hydrogen) atoms. The number of hydrogen-bond acceptors (Lipinski definition) is 2. The minimum atomic E-state index is -1.02. The Morgan fingerprint density at radius 2 is 2.19 bits per heavy atom. The second-order valence-electron chi connectivity index (χ2n) is 3.79. The SMILES string of the molecule is Cc1cccc2[nH]c(=O)n(C(C)C(=O)O)c12. The van der Waals surface area contributed by atoms with Crippen LogP contribution in [0.3, 0.4) is 0 Å². The zero-order chi connectivity index (χ0) is 11.9. The second-order valence-corrected chi connectivity index (χ2v) is 3.79. The number of fused-ring (bicyclic) bond motifs is 1. The van der Waals surface area contributed by atoms with Crippen molar-refractivity contribution in [3.05, 3.63) is 34.2 Å². The molecule has 2 rings (SSSR count). The third-order valence-electron chi connectivity index (χ3n) is 2.68. The maximum Gasteiger partial charge on any atom is 0.327 e. The van der Waals surface area contributed by atoms with Crippen LogP contribution < -0.4 is 5.69 Å². The molecule has 84 valence electrons. The smallest absolute Gasteiger partial charge is 0.327 e. The first-order chi connectivity index (χ1) is 7.52. The predicted octanol–water partition coefficient (Wildman–Crippen LogP) is 1.28. The van der Waals surface area contributed by atoms with E-state index in [1.807, 2.05) is 19.1 Å². The highest BCUT2D eigenvalue weighted by molar-refractivity contribution is 5.81. The van der Waals surface area contributed by atoms with Crippen molar-refractivity contribution in [3.8, 4) is 0 Å². The molecule has 0 aliphatic rings. The number of para-hydroxylation sites is 1. The highest BCUT2D eigenvalue weighted by Crippen LogP contribution is 2.18. The molecule has 0 aliphatic carbocycles. The molecule has 0 radical (unpaired) electrons. The van der Waals surface area contributed by atoms with Crippen LogP contribution in [-0.4, -0.2) is 20.6 Å². The molecule has 1 atom stereocenters. The Hall–Kier alpha value is -2.04.